The van der Waals surface area contributed by atoms with Gasteiger partial charge in [0.2, 0.25) is 0 Å². The van der Waals surface area contributed by atoms with E-state index in [0.717, 1.165) is 17.2 Å². The summed E-state index contributed by atoms with van der Waals surface area (Å²) in [5.41, 5.74) is 2.27. The van der Waals surface area contributed by atoms with Crippen molar-refractivity contribution in [2.75, 3.05) is 0 Å². The first-order valence-electron chi connectivity index (χ1n) is 5.85. The highest BCUT2D eigenvalue weighted by atomic mass is 16.5. The highest BCUT2D eigenvalue weighted by molar-refractivity contribution is 5.34. The van der Waals surface area contributed by atoms with Crippen molar-refractivity contribution in [1.82, 2.24) is 4.98 Å². The van der Waals surface area contributed by atoms with Crippen LogP contribution in [0.3, 0.4) is 0 Å². The van der Waals surface area contributed by atoms with E-state index in [4.69, 9.17) is 4.74 Å². The summed E-state index contributed by atoms with van der Waals surface area (Å²) in [5, 5.41) is 0. The molecule has 0 unspecified atom stereocenters. The number of aromatic nitrogens is 1. The van der Waals surface area contributed by atoms with Crippen LogP contribution in [0.2, 0.25) is 0 Å². The normalized spacial score (nSPS) is 10.6. The van der Waals surface area contributed by atoms with Gasteiger partial charge in [0.05, 0.1) is 6.20 Å². The molecule has 0 saturated heterocycles. The third kappa shape index (κ3) is 3.06. The minimum Gasteiger partial charge on any atom is -0.456 e. The Morgan fingerprint density at radius 1 is 1.06 bits per heavy atom. The first-order chi connectivity index (χ1) is 8.15. The molecule has 2 heteroatoms. The van der Waals surface area contributed by atoms with E-state index in [2.05, 4.69) is 31.0 Å². The number of benzene rings is 1. The van der Waals surface area contributed by atoms with Crippen molar-refractivity contribution in [1.29, 1.82) is 0 Å². The maximum atomic E-state index is 5.76. The van der Waals surface area contributed by atoms with Crippen molar-refractivity contribution in [2.24, 2.45) is 0 Å². The fourth-order valence-corrected chi connectivity index (χ4v) is 1.59. The molecule has 0 aliphatic carbocycles. The molecule has 0 aliphatic rings. The van der Waals surface area contributed by atoms with E-state index in [0.29, 0.717) is 5.92 Å². The van der Waals surface area contributed by atoms with E-state index in [1.54, 1.807) is 6.20 Å². The molecule has 2 aromatic rings. The van der Waals surface area contributed by atoms with Crippen LogP contribution in [0.5, 0.6) is 11.5 Å². The maximum absolute atomic E-state index is 5.76. The lowest BCUT2D eigenvalue weighted by Gasteiger charge is -2.09. The second kappa shape index (κ2) is 5.00. The quantitative estimate of drug-likeness (QED) is 0.779. The SMILES string of the molecule is Cc1ccc(Oc2cccc(C(C)C)c2)cn1. The number of pyridine rings is 1. The molecular weight excluding hydrogens is 210 g/mol. The predicted molar refractivity (Wildman–Crippen MR) is 69.6 cm³/mol. The van der Waals surface area contributed by atoms with Crippen molar-refractivity contribution >= 4 is 0 Å². The molecule has 0 amide bonds. The standard InChI is InChI=1S/C15H17NO/c1-11(2)13-5-4-6-14(9-13)17-15-8-7-12(3)16-10-15/h4-11H,1-3H3. The highest BCUT2D eigenvalue weighted by Gasteiger charge is 2.02. The van der Waals surface area contributed by atoms with Crippen molar-refractivity contribution < 1.29 is 4.74 Å². The maximum Gasteiger partial charge on any atom is 0.145 e. The molecule has 0 atom stereocenters. The van der Waals surface area contributed by atoms with Gasteiger partial charge in [-0.3, -0.25) is 4.98 Å². The largest absolute Gasteiger partial charge is 0.456 e. The average molecular weight is 227 g/mol. The predicted octanol–water partition coefficient (Wildman–Crippen LogP) is 4.31. The Labute approximate surface area is 102 Å². The van der Waals surface area contributed by atoms with E-state index in [9.17, 15) is 0 Å². The number of aryl methyl sites for hydroxylation is 1. The molecule has 1 heterocycles. The zero-order valence-electron chi connectivity index (χ0n) is 10.5. The van der Waals surface area contributed by atoms with Gasteiger partial charge in [-0.15, -0.1) is 0 Å². The lowest BCUT2D eigenvalue weighted by Crippen LogP contribution is -1.90. The third-order valence-electron chi connectivity index (χ3n) is 2.64. The summed E-state index contributed by atoms with van der Waals surface area (Å²) in [6, 6.07) is 12.1. The highest BCUT2D eigenvalue weighted by Crippen LogP contribution is 2.24. The fourth-order valence-electron chi connectivity index (χ4n) is 1.59. The van der Waals surface area contributed by atoms with E-state index < -0.39 is 0 Å². The first kappa shape index (κ1) is 11.6. The second-order valence-corrected chi connectivity index (χ2v) is 4.46. The molecule has 0 N–H and O–H groups in total. The van der Waals surface area contributed by atoms with Crippen LogP contribution < -0.4 is 4.74 Å². The summed E-state index contributed by atoms with van der Waals surface area (Å²) >= 11 is 0. The monoisotopic (exact) mass is 227 g/mol. The molecule has 88 valence electrons. The summed E-state index contributed by atoms with van der Waals surface area (Å²) in [6.07, 6.45) is 1.75. The third-order valence-corrected chi connectivity index (χ3v) is 2.64. The lowest BCUT2D eigenvalue weighted by molar-refractivity contribution is 0.479. The van der Waals surface area contributed by atoms with Gasteiger partial charge in [0.1, 0.15) is 11.5 Å². The van der Waals surface area contributed by atoms with Gasteiger partial charge >= 0.3 is 0 Å². The zero-order valence-corrected chi connectivity index (χ0v) is 10.5. The van der Waals surface area contributed by atoms with Crippen molar-refractivity contribution in [2.45, 2.75) is 26.7 Å². The lowest BCUT2D eigenvalue weighted by atomic mass is 10.0. The van der Waals surface area contributed by atoms with Crippen LogP contribution in [0.4, 0.5) is 0 Å². The molecule has 0 saturated carbocycles. The fraction of sp³-hybridized carbons (Fsp3) is 0.267. The van der Waals surface area contributed by atoms with E-state index in [1.165, 1.54) is 5.56 Å². The Morgan fingerprint density at radius 2 is 1.88 bits per heavy atom. The number of ether oxygens (including phenoxy) is 1. The Morgan fingerprint density at radius 3 is 2.53 bits per heavy atom. The van der Waals surface area contributed by atoms with Crippen molar-refractivity contribution in [3.63, 3.8) is 0 Å². The van der Waals surface area contributed by atoms with Crippen LogP contribution >= 0.6 is 0 Å². The van der Waals surface area contributed by atoms with Crippen LogP contribution in [-0.2, 0) is 0 Å². The van der Waals surface area contributed by atoms with E-state index >= 15 is 0 Å². The molecule has 0 aliphatic heterocycles. The average Bonchev–Trinajstić information content (AvgIpc) is 2.32. The summed E-state index contributed by atoms with van der Waals surface area (Å²) in [5.74, 6) is 2.15. The molecule has 2 nitrogen and oxygen atoms in total. The Hall–Kier alpha value is -1.83. The minimum atomic E-state index is 0.509. The van der Waals surface area contributed by atoms with Crippen molar-refractivity contribution in [3.05, 3.63) is 53.9 Å². The second-order valence-electron chi connectivity index (χ2n) is 4.46. The molecule has 0 spiro atoms. The Bertz CT molecular complexity index is 489. The minimum absolute atomic E-state index is 0.509. The summed E-state index contributed by atoms with van der Waals surface area (Å²) < 4.78 is 5.76. The van der Waals surface area contributed by atoms with Gasteiger partial charge in [-0.2, -0.15) is 0 Å². The Kier molecular flexibility index (Phi) is 3.43. The zero-order chi connectivity index (χ0) is 12.3. The van der Waals surface area contributed by atoms with Gasteiger partial charge in [0.25, 0.3) is 0 Å². The smallest absolute Gasteiger partial charge is 0.145 e. The van der Waals surface area contributed by atoms with Gasteiger partial charge in [0.15, 0.2) is 0 Å². The number of rotatable bonds is 3. The van der Waals surface area contributed by atoms with Crippen LogP contribution in [0.15, 0.2) is 42.6 Å². The van der Waals surface area contributed by atoms with Gasteiger partial charge < -0.3 is 4.74 Å². The van der Waals surface area contributed by atoms with E-state index in [-0.39, 0.29) is 0 Å². The molecule has 0 fully saturated rings. The molecule has 1 aromatic heterocycles. The number of nitrogens with zero attached hydrogens (tertiary/aromatic N) is 1. The summed E-state index contributed by atoms with van der Waals surface area (Å²) in [4.78, 5) is 4.21. The first-order valence-corrected chi connectivity index (χ1v) is 5.85. The molecule has 1 aromatic carbocycles. The van der Waals surface area contributed by atoms with Crippen molar-refractivity contribution in [3.8, 4) is 11.5 Å². The van der Waals surface area contributed by atoms with Crippen LogP contribution in [-0.4, -0.2) is 4.98 Å². The molecule has 17 heavy (non-hydrogen) atoms. The number of hydrogen-bond acceptors (Lipinski definition) is 2. The van der Waals surface area contributed by atoms with Crippen LogP contribution in [0.25, 0.3) is 0 Å². The van der Waals surface area contributed by atoms with Gasteiger partial charge in [-0.1, -0.05) is 26.0 Å². The van der Waals surface area contributed by atoms with E-state index in [1.807, 2.05) is 31.2 Å². The topological polar surface area (TPSA) is 22.1 Å². The molecule has 2 rings (SSSR count). The molecule has 0 radical (unpaired) electrons. The number of hydrogen-bond donors (Lipinski definition) is 0. The summed E-state index contributed by atoms with van der Waals surface area (Å²) in [6.45, 7) is 6.31. The van der Waals surface area contributed by atoms with Gasteiger partial charge in [0, 0.05) is 5.69 Å². The van der Waals surface area contributed by atoms with Gasteiger partial charge in [-0.05, 0) is 42.7 Å². The molecular formula is C15H17NO. The van der Waals surface area contributed by atoms with Crippen LogP contribution in [0.1, 0.15) is 31.0 Å². The summed E-state index contributed by atoms with van der Waals surface area (Å²) in [7, 11) is 0. The van der Waals surface area contributed by atoms with Gasteiger partial charge in [-0.25, -0.2) is 0 Å². The molecule has 0 bridgehead atoms. The van der Waals surface area contributed by atoms with Crippen LogP contribution in [0, 0.1) is 6.92 Å². The Balaban J connectivity index is 2.18.